The van der Waals surface area contributed by atoms with Crippen LogP contribution in [0.25, 0.3) is 0 Å². The number of aryl methyl sites for hydroxylation is 1. The van der Waals surface area contributed by atoms with Crippen LogP contribution in [0.3, 0.4) is 0 Å². The van der Waals surface area contributed by atoms with Crippen molar-refractivity contribution in [1.82, 2.24) is 5.32 Å². The maximum Gasteiger partial charge on any atom is 0.292 e. The Kier molecular flexibility index (Phi) is 5.29. The highest BCUT2D eigenvalue weighted by Crippen LogP contribution is 2.28. The largest absolute Gasteiger partial charge is 0.369 e. The molecule has 1 amide bonds. The van der Waals surface area contributed by atoms with Crippen molar-refractivity contribution in [3.63, 3.8) is 0 Å². The van der Waals surface area contributed by atoms with E-state index in [1.807, 2.05) is 18.9 Å². The van der Waals surface area contributed by atoms with Crippen LogP contribution in [0.5, 0.6) is 0 Å². The van der Waals surface area contributed by atoms with Crippen LogP contribution in [0, 0.1) is 17.0 Å². The summed E-state index contributed by atoms with van der Waals surface area (Å²) < 4.78 is 0. The number of nitrogens with zero attached hydrogens (tertiary/aromatic N) is 2. The van der Waals surface area contributed by atoms with Gasteiger partial charge in [-0.2, -0.15) is 0 Å². The van der Waals surface area contributed by atoms with Gasteiger partial charge < -0.3 is 10.2 Å². The summed E-state index contributed by atoms with van der Waals surface area (Å²) in [7, 11) is 1.82. The normalized spacial score (nSPS) is 10.1. The molecule has 0 fully saturated rings. The van der Waals surface area contributed by atoms with E-state index in [0.29, 0.717) is 18.8 Å². The van der Waals surface area contributed by atoms with Gasteiger partial charge in [-0.25, -0.2) is 0 Å². The molecule has 1 aromatic carbocycles. The molecule has 0 spiro atoms. The summed E-state index contributed by atoms with van der Waals surface area (Å²) >= 11 is 0. The number of hydrogen-bond acceptors (Lipinski definition) is 4. The van der Waals surface area contributed by atoms with Crippen molar-refractivity contribution in [3.05, 3.63) is 33.9 Å². The first kappa shape index (κ1) is 14.9. The molecule has 1 aromatic rings. The third-order valence-electron chi connectivity index (χ3n) is 2.78. The van der Waals surface area contributed by atoms with Gasteiger partial charge in [0.05, 0.1) is 4.92 Å². The number of amides is 1. The number of nitro benzene ring substituents is 1. The van der Waals surface area contributed by atoms with Crippen LogP contribution in [-0.2, 0) is 4.79 Å². The maximum absolute atomic E-state index is 11.0. The van der Waals surface area contributed by atoms with Gasteiger partial charge in [0.15, 0.2) is 0 Å². The van der Waals surface area contributed by atoms with Gasteiger partial charge in [-0.3, -0.25) is 14.9 Å². The van der Waals surface area contributed by atoms with E-state index in [2.05, 4.69) is 5.32 Å². The van der Waals surface area contributed by atoms with Crippen molar-refractivity contribution in [2.24, 2.45) is 0 Å². The molecule has 0 radical (unpaired) electrons. The van der Waals surface area contributed by atoms with Crippen molar-refractivity contribution < 1.29 is 9.72 Å². The molecular formula is C13H19N3O3. The fourth-order valence-electron chi connectivity index (χ4n) is 1.79. The molecule has 0 aliphatic carbocycles. The van der Waals surface area contributed by atoms with Gasteiger partial charge in [0.25, 0.3) is 5.69 Å². The lowest BCUT2D eigenvalue weighted by Crippen LogP contribution is -2.26. The highest BCUT2D eigenvalue weighted by Gasteiger charge is 2.16. The molecule has 6 nitrogen and oxygen atoms in total. The van der Waals surface area contributed by atoms with Crippen molar-refractivity contribution in [3.8, 4) is 0 Å². The molecule has 1 N–H and O–H groups in total. The maximum atomic E-state index is 11.0. The van der Waals surface area contributed by atoms with E-state index in [4.69, 9.17) is 0 Å². The number of carbonyl (C=O) groups excluding carboxylic acids is 1. The summed E-state index contributed by atoms with van der Waals surface area (Å²) in [5.41, 5.74) is 1.69. The second-order valence-electron chi connectivity index (χ2n) is 4.51. The zero-order valence-corrected chi connectivity index (χ0v) is 11.5. The third kappa shape index (κ3) is 4.57. The highest BCUT2D eigenvalue weighted by molar-refractivity contribution is 5.72. The Morgan fingerprint density at radius 2 is 2.16 bits per heavy atom. The van der Waals surface area contributed by atoms with Crippen LogP contribution in [0.1, 0.15) is 18.9 Å². The number of carbonyl (C=O) groups is 1. The van der Waals surface area contributed by atoms with E-state index in [9.17, 15) is 14.9 Å². The molecule has 0 aliphatic heterocycles. The Morgan fingerprint density at radius 1 is 1.47 bits per heavy atom. The molecule has 0 saturated heterocycles. The average Bonchev–Trinajstić information content (AvgIpc) is 2.33. The zero-order chi connectivity index (χ0) is 14.4. The minimum Gasteiger partial charge on any atom is -0.369 e. The van der Waals surface area contributed by atoms with Gasteiger partial charge in [-0.15, -0.1) is 0 Å². The van der Waals surface area contributed by atoms with E-state index in [-0.39, 0.29) is 16.5 Å². The fraction of sp³-hybridized carbons (Fsp3) is 0.462. The van der Waals surface area contributed by atoms with Gasteiger partial charge in [0.1, 0.15) is 5.69 Å². The van der Waals surface area contributed by atoms with Crippen LogP contribution in [0.4, 0.5) is 11.4 Å². The first-order chi connectivity index (χ1) is 8.91. The van der Waals surface area contributed by atoms with Gasteiger partial charge in [0.2, 0.25) is 5.91 Å². The molecule has 6 heteroatoms. The van der Waals surface area contributed by atoms with Crippen LogP contribution >= 0.6 is 0 Å². The minimum absolute atomic E-state index is 0.0656. The predicted octanol–water partition coefficient (Wildman–Crippen LogP) is 1.87. The van der Waals surface area contributed by atoms with Gasteiger partial charge in [0, 0.05) is 33.1 Å². The third-order valence-corrected chi connectivity index (χ3v) is 2.78. The number of hydrogen-bond donors (Lipinski definition) is 1. The zero-order valence-electron chi connectivity index (χ0n) is 11.5. The number of benzene rings is 1. The molecule has 0 unspecified atom stereocenters. The summed E-state index contributed by atoms with van der Waals surface area (Å²) in [6, 6.07) is 5.05. The quantitative estimate of drug-likeness (QED) is 0.484. The fourth-order valence-corrected chi connectivity index (χ4v) is 1.79. The minimum atomic E-state index is -0.376. The lowest BCUT2D eigenvalue weighted by molar-refractivity contribution is -0.384. The number of anilines is 1. The van der Waals surface area contributed by atoms with E-state index < -0.39 is 0 Å². The molecule has 0 atom stereocenters. The lowest BCUT2D eigenvalue weighted by atomic mass is 10.1. The monoisotopic (exact) mass is 265 g/mol. The van der Waals surface area contributed by atoms with Gasteiger partial charge in [-0.05, 0) is 25.0 Å². The first-order valence-electron chi connectivity index (χ1n) is 6.12. The Bertz CT molecular complexity index is 474. The molecule has 0 bridgehead atoms. The Balaban J connectivity index is 2.70. The summed E-state index contributed by atoms with van der Waals surface area (Å²) in [5.74, 6) is -0.0656. The average molecular weight is 265 g/mol. The topological polar surface area (TPSA) is 75.5 Å². The second kappa shape index (κ2) is 6.72. The number of rotatable bonds is 6. The van der Waals surface area contributed by atoms with Crippen LogP contribution in [0.15, 0.2) is 18.2 Å². The molecule has 0 heterocycles. The number of nitro groups is 1. The van der Waals surface area contributed by atoms with Gasteiger partial charge >= 0.3 is 0 Å². The van der Waals surface area contributed by atoms with Gasteiger partial charge in [-0.1, -0.05) is 6.07 Å². The predicted molar refractivity (Wildman–Crippen MR) is 74.4 cm³/mol. The van der Waals surface area contributed by atoms with E-state index in [1.165, 1.54) is 13.0 Å². The Morgan fingerprint density at radius 3 is 2.74 bits per heavy atom. The summed E-state index contributed by atoms with van der Waals surface area (Å²) in [5, 5.41) is 13.7. The van der Waals surface area contributed by atoms with Crippen molar-refractivity contribution in [2.45, 2.75) is 20.3 Å². The van der Waals surface area contributed by atoms with Crippen molar-refractivity contribution in [2.75, 3.05) is 25.0 Å². The second-order valence-corrected chi connectivity index (χ2v) is 4.51. The standard InChI is InChI=1S/C13H19N3O3/c1-10-5-6-12(16(18)19)13(9-10)15(3)8-4-7-14-11(2)17/h5-6,9H,4,7-8H2,1-3H3,(H,14,17). The molecule has 0 aromatic heterocycles. The smallest absolute Gasteiger partial charge is 0.292 e. The molecule has 0 aliphatic rings. The SMILES string of the molecule is CC(=O)NCCCN(C)c1cc(C)ccc1[N+](=O)[O-]. The first-order valence-corrected chi connectivity index (χ1v) is 6.12. The molecule has 104 valence electrons. The number of nitrogens with one attached hydrogen (secondary N) is 1. The van der Waals surface area contributed by atoms with Crippen molar-refractivity contribution in [1.29, 1.82) is 0 Å². The Labute approximate surface area is 112 Å². The van der Waals surface area contributed by atoms with Crippen molar-refractivity contribution >= 4 is 17.3 Å². The molecular weight excluding hydrogens is 246 g/mol. The summed E-state index contributed by atoms with van der Waals surface area (Å²) in [4.78, 5) is 23.2. The molecule has 1 rings (SSSR count). The van der Waals surface area contributed by atoms with E-state index >= 15 is 0 Å². The Hall–Kier alpha value is -2.11. The van der Waals surface area contributed by atoms with Crippen LogP contribution in [-0.4, -0.2) is 31.0 Å². The lowest BCUT2D eigenvalue weighted by Gasteiger charge is -2.19. The molecule has 19 heavy (non-hydrogen) atoms. The summed E-state index contributed by atoms with van der Waals surface area (Å²) in [6.07, 6.45) is 0.737. The highest BCUT2D eigenvalue weighted by atomic mass is 16.6. The van der Waals surface area contributed by atoms with Crippen LogP contribution in [0.2, 0.25) is 0 Å². The van der Waals surface area contributed by atoms with Crippen LogP contribution < -0.4 is 10.2 Å². The molecule has 0 saturated carbocycles. The summed E-state index contributed by atoms with van der Waals surface area (Å²) in [6.45, 7) is 4.58. The van der Waals surface area contributed by atoms with E-state index in [1.54, 1.807) is 12.1 Å². The van der Waals surface area contributed by atoms with E-state index in [0.717, 1.165) is 12.0 Å².